The molecule has 0 saturated carbocycles. The van der Waals surface area contributed by atoms with Gasteiger partial charge in [-0.3, -0.25) is 4.98 Å². The van der Waals surface area contributed by atoms with E-state index in [4.69, 9.17) is 11.6 Å². The molecule has 2 amide bonds. The standard InChI is InChI=1S/C19H20ClN5O/c20-17-2-4-18(5-3-17)23-19(26)25(14-16-6-8-21-9-7-16)12-1-11-24-13-10-22-15-24/h2-10,13,15H,1,11-12,14H2,(H,23,26). The van der Waals surface area contributed by atoms with Gasteiger partial charge in [0.25, 0.3) is 0 Å². The van der Waals surface area contributed by atoms with Crippen LogP contribution in [0.2, 0.25) is 5.02 Å². The smallest absolute Gasteiger partial charge is 0.322 e. The average Bonchev–Trinajstić information content (AvgIpc) is 3.17. The third kappa shape index (κ3) is 5.32. The van der Waals surface area contributed by atoms with E-state index >= 15 is 0 Å². The fraction of sp³-hybridized carbons (Fsp3) is 0.211. The Morgan fingerprint density at radius 3 is 2.54 bits per heavy atom. The predicted octanol–water partition coefficient (Wildman–Crippen LogP) is 4.06. The number of carbonyl (C=O) groups is 1. The molecule has 3 aromatic rings. The summed E-state index contributed by atoms with van der Waals surface area (Å²) in [4.78, 5) is 22.6. The predicted molar refractivity (Wildman–Crippen MR) is 102 cm³/mol. The third-order valence-corrected chi connectivity index (χ3v) is 4.16. The molecule has 134 valence electrons. The first kappa shape index (κ1) is 17.9. The Hall–Kier alpha value is -2.86. The van der Waals surface area contributed by atoms with E-state index in [0.29, 0.717) is 23.8 Å². The maximum Gasteiger partial charge on any atom is 0.322 e. The van der Waals surface area contributed by atoms with Gasteiger partial charge in [-0.15, -0.1) is 0 Å². The lowest BCUT2D eigenvalue weighted by Crippen LogP contribution is -2.35. The van der Waals surface area contributed by atoms with Gasteiger partial charge in [0.15, 0.2) is 0 Å². The van der Waals surface area contributed by atoms with Gasteiger partial charge in [-0.1, -0.05) is 11.6 Å². The van der Waals surface area contributed by atoms with Crippen LogP contribution in [0.3, 0.4) is 0 Å². The number of hydrogen-bond acceptors (Lipinski definition) is 3. The number of aromatic nitrogens is 3. The molecule has 0 radical (unpaired) electrons. The summed E-state index contributed by atoms with van der Waals surface area (Å²) in [7, 11) is 0. The maximum atomic E-state index is 12.7. The van der Waals surface area contributed by atoms with Crippen molar-refractivity contribution in [2.45, 2.75) is 19.5 Å². The number of imidazole rings is 1. The monoisotopic (exact) mass is 369 g/mol. The van der Waals surface area contributed by atoms with Crippen LogP contribution in [0.15, 0.2) is 67.5 Å². The van der Waals surface area contributed by atoms with E-state index in [2.05, 4.69) is 15.3 Å². The lowest BCUT2D eigenvalue weighted by atomic mass is 10.2. The summed E-state index contributed by atoms with van der Waals surface area (Å²) in [5.41, 5.74) is 1.75. The van der Waals surface area contributed by atoms with Crippen LogP contribution in [-0.2, 0) is 13.1 Å². The highest BCUT2D eigenvalue weighted by molar-refractivity contribution is 6.30. The number of nitrogens with zero attached hydrogens (tertiary/aromatic N) is 4. The Kier molecular flexibility index (Phi) is 6.22. The molecule has 0 unspecified atom stereocenters. The van der Waals surface area contributed by atoms with E-state index in [0.717, 1.165) is 18.5 Å². The summed E-state index contributed by atoms with van der Waals surface area (Å²) in [6.07, 6.45) is 9.74. The summed E-state index contributed by atoms with van der Waals surface area (Å²) in [5, 5.41) is 3.56. The number of amides is 2. The van der Waals surface area contributed by atoms with Gasteiger partial charge < -0.3 is 14.8 Å². The Labute approximate surface area is 157 Å². The van der Waals surface area contributed by atoms with Crippen LogP contribution in [0.5, 0.6) is 0 Å². The molecule has 0 aliphatic rings. The van der Waals surface area contributed by atoms with E-state index in [9.17, 15) is 4.79 Å². The molecule has 0 saturated heterocycles. The van der Waals surface area contributed by atoms with Gasteiger partial charge in [0.1, 0.15) is 0 Å². The number of anilines is 1. The first-order valence-corrected chi connectivity index (χ1v) is 8.74. The van der Waals surface area contributed by atoms with Crippen molar-refractivity contribution < 1.29 is 4.79 Å². The normalized spacial score (nSPS) is 10.5. The summed E-state index contributed by atoms with van der Waals surface area (Å²) in [6, 6.07) is 10.8. The van der Waals surface area contributed by atoms with Crippen molar-refractivity contribution in [3.05, 3.63) is 78.1 Å². The Morgan fingerprint density at radius 1 is 1.08 bits per heavy atom. The Morgan fingerprint density at radius 2 is 1.85 bits per heavy atom. The fourth-order valence-corrected chi connectivity index (χ4v) is 2.69. The quantitative estimate of drug-likeness (QED) is 0.683. The van der Waals surface area contributed by atoms with E-state index in [1.54, 1.807) is 54.1 Å². The van der Waals surface area contributed by atoms with Crippen LogP contribution in [-0.4, -0.2) is 32.0 Å². The minimum Gasteiger partial charge on any atom is -0.337 e. The number of hydrogen-bond donors (Lipinski definition) is 1. The number of benzene rings is 1. The molecule has 0 fully saturated rings. The van der Waals surface area contributed by atoms with Gasteiger partial charge in [-0.2, -0.15) is 0 Å². The molecule has 3 rings (SSSR count). The minimum absolute atomic E-state index is 0.144. The Bertz CT molecular complexity index is 806. The number of urea groups is 1. The molecule has 1 aromatic carbocycles. The lowest BCUT2D eigenvalue weighted by Gasteiger charge is -2.23. The van der Waals surface area contributed by atoms with Gasteiger partial charge in [0.05, 0.1) is 6.33 Å². The van der Waals surface area contributed by atoms with Crippen LogP contribution in [0.25, 0.3) is 0 Å². The SMILES string of the molecule is O=C(Nc1ccc(Cl)cc1)N(CCCn1ccnc1)Cc1ccncc1. The van der Waals surface area contributed by atoms with Crippen LogP contribution < -0.4 is 5.32 Å². The second kappa shape index (κ2) is 9.01. The highest BCUT2D eigenvalue weighted by Crippen LogP contribution is 2.15. The van der Waals surface area contributed by atoms with Crippen molar-refractivity contribution in [1.82, 2.24) is 19.4 Å². The molecule has 6 nitrogen and oxygen atoms in total. The van der Waals surface area contributed by atoms with Crippen molar-refractivity contribution in [2.75, 3.05) is 11.9 Å². The largest absolute Gasteiger partial charge is 0.337 e. The molecular weight excluding hydrogens is 350 g/mol. The molecule has 7 heteroatoms. The minimum atomic E-state index is -0.144. The summed E-state index contributed by atoms with van der Waals surface area (Å²) in [5.74, 6) is 0. The molecule has 2 aromatic heterocycles. The number of aryl methyl sites for hydroxylation is 1. The zero-order chi connectivity index (χ0) is 18.2. The van der Waals surface area contributed by atoms with Gasteiger partial charge in [-0.05, 0) is 48.4 Å². The molecule has 0 bridgehead atoms. The molecule has 26 heavy (non-hydrogen) atoms. The second-order valence-corrected chi connectivity index (χ2v) is 6.30. The van der Waals surface area contributed by atoms with Gasteiger partial charge in [0, 0.05) is 55.1 Å². The van der Waals surface area contributed by atoms with Gasteiger partial charge in [0.2, 0.25) is 0 Å². The summed E-state index contributed by atoms with van der Waals surface area (Å²) < 4.78 is 2.00. The zero-order valence-corrected chi connectivity index (χ0v) is 15.0. The zero-order valence-electron chi connectivity index (χ0n) is 14.3. The van der Waals surface area contributed by atoms with Crippen molar-refractivity contribution >= 4 is 23.3 Å². The molecule has 0 spiro atoms. The third-order valence-electron chi connectivity index (χ3n) is 3.91. The van der Waals surface area contributed by atoms with Gasteiger partial charge >= 0.3 is 6.03 Å². The highest BCUT2D eigenvalue weighted by atomic mass is 35.5. The number of pyridine rings is 1. The summed E-state index contributed by atoms with van der Waals surface area (Å²) in [6.45, 7) is 1.95. The van der Waals surface area contributed by atoms with Crippen molar-refractivity contribution in [3.8, 4) is 0 Å². The van der Waals surface area contributed by atoms with Crippen molar-refractivity contribution in [2.24, 2.45) is 0 Å². The van der Waals surface area contributed by atoms with E-state index < -0.39 is 0 Å². The highest BCUT2D eigenvalue weighted by Gasteiger charge is 2.14. The number of carbonyl (C=O) groups excluding carboxylic acids is 1. The lowest BCUT2D eigenvalue weighted by molar-refractivity contribution is 0.207. The maximum absolute atomic E-state index is 12.7. The second-order valence-electron chi connectivity index (χ2n) is 5.87. The van der Waals surface area contributed by atoms with Crippen molar-refractivity contribution in [1.29, 1.82) is 0 Å². The number of nitrogens with one attached hydrogen (secondary N) is 1. The van der Waals surface area contributed by atoms with Crippen LogP contribution in [0.1, 0.15) is 12.0 Å². The number of halogens is 1. The topological polar surface area (TPSA) is 63.1 Å². The molecular formula is C19H20ClN5O. The first-order chi connectivity index (χ1) is 12.7. The van der Waals surface area contributed by atoms with Crippen LogP contribution in [0.4, 0.5) is 10.5 Å². The molecule has 1 N–H and O–H groups in total. The van der Waals surface area contributed by atoms with E-state index in [1.165, 1.54) is 0 Å². The van der Waals surface area contributed by atoms with Crippen LogP contribution >= 0.6 is 11.6 Å². The molecule has 0 aliphatic heterocycles. The molecule has 2 heterocycles. The average molecular weight is 370 g/mol. The van der Waals surface area contributed by atoms with Crippen LogP contribution in [0, 0.1) is 0 Å². The van der Waals surface area contributed by atoms with Crippen molar-refractivity contribution in [3.63, 3.8) is 0 Å². The van der Waals surface area contributed by atoms with E-state index in [1.807, 2.05) is 22.9 Å². The first-order valence-electron chi connectivity index (χ1n) is 8.37. The van der Waals surface area contributed by atoms with Gasteiger partial charge in [-0.25, -0.2) is 9.78 Å². The Balaban J connectivity index is 1.64. The number of rotatable bonds is 7. The molecule has 0 atom stereocenters. The molecule has 0 aliphatic carbocycles. The fourth-order valence-electron chi connectivity index (χ4n) is 2.56. The van der Waals surface area contributed by atoms with E-state index in [-0.39, 0.29) is 6.03 Å². The summed E-state index contributed by atoms with van der Waals surface area (Å²) >= 11 is 5.90.